The van der Waals surface area contributed by atoms with Gasteiger partial charge >= 0.3 is 0 Å². The number of rotatable bonds is 7. The zero-order chi connectivity index (χ0) is 21.8. The zero-order valence-corrected chi connectivity index (χ0v) is 17.8. The predicted molar refractivity (Wildman–Crippen MR) is 117 cm³/mol. The molecular weight excluding hydrogens is 392 g/mol. The number of ether oxygens (including phenoxy) is 1. The maximum atomic E-state index is 12.8. The minimum atomic E-state index is -0.388. The van der Waals surface area contributed by atoms with Crippen LogP contribution in [-0.2, 0) is 13.2 Å². The van der Waals surface area contributed by atoms with Crippen LogP contribution in [0.1, 0.15) is 38.5 Å². The summed E-state index contributed by atoms with van der Waals surface area (Å²) in [6, 6.07) is 17.6. The second-order valence-corrected chi connectivity index (χ2v) is 7.45. The lowest BCUT2D eigenvalue weighted by Crippen LogP contribution is -2.16. The van der Waals surface area contributed by atoms with E-state index >= 15 is 0 Å². The minimum Gasteiger partial charge on any atom is -0.489 e. The number of nitrogens with zero attached hydrogens (tertiary/aromatic N) is 3. The Bertz CT molecular complexity index is 1210. The van der Waals surface area contributed by atoms with E-state index in [0.717, 1.165) is 11.3 Å². The van der Waals surface area contributed by atoms with Crippen molar-refractivity contribution >= 4 is 11.7 Å². The van der Waals surface area contributed by atoms with Gasteiger partial charge in [-0.25, -0.2) is 0 Å². The van der Waals surface area contributed by atoms with E-state index in [-0.39, 0.29) is 18.2 Å². The van der Waals surface area contributed by atoms with Gasteiger partial charge in [-0.2, -0.15) is 5.10 Å². The molecule has 2 aromatic heterocycles. The summed E-state index contributed by atoms with van der Waals surface area (Å²) in [5.41, 5.74) is 4.27. The molecule has 7 nitrogen and oxygen atoms in total. The third kappa shape index (κ3) is 4.83. The van der Waals surface area contributed by atoms with Crippen molar-refractivity contribution in [2.75, 3.05) is 5.32 Å². The highest BCUT2D eigenvalue weighted by Crippen LogP contribution is 2.20. The summed E-state index contributed by atoms with van der Waals surface area (Å²) in [7, 11) is 0. The van der Waals surface area contributed by atoms with Gasteiger partial charge in [-0.3, -0.25) is 9.48 Å². The Kier molecular flexibility index (Phi) is 5.84. The van der Waals surface area contributed by atoms with Crippen molar-refractivity contribution in [2.24, 2.45) is 0 Å². The van der Waals surface area contributed by atoms with Crippen molar-refractivity contribution in [3.05, 3.63) is 94.5 Å². The Morgan fingerprint density at radius 3 is 2.74 bits per heavy atom. The molecule has 4 rings (SSSR count). The van der Waals surface area contributed by atoms with Gasteiger partial charge in [0.15, 0.2) is 11.5 Å². The Hall–Kier alpha value is -3.87. The molecule has 1 amide bonds. The number of aromatic nitrogens is 3. The van der Waals surface area contributed by atoms with E-state index < -0.39 is 0 Å². The van der Waals surface area contributed by atoms with Crippen molar-refractivity contribution in [3.63, 3.8) is 0 Å². The van der Waals surface area contributed by atoms with Gasteiger partial charge in [0.05, 0.1) is 12.1 Å². The molecule has 1 N–H and O–H groups in total. The van der Waals surface area contributed by atoms with E-state index in [2.05, 4.69) is 34.6 Å². The fourth-order valence-electron chi connectivity index (χ4n) is 3.25. The zero-order valence-electron chi connectivity index (χ0n) is 17.8. The Balaban J connectivity index is 1.43. The lowest BCUT2D eigenvalue weighted by Gasteiger charge is -2.07. The van der Waals surface area contributed by atoms with Crippen LogP contribution in [0.15, 0.2) is 65.3 Å². The van der Waals surface area contributed by atoms with Crippen LogP contribution in [0.2, 0.25) is 0 Å². The molecule has 2 aromatic carbocycles. The van der Waals surface area contributed by atoms with E-state index in [1.54, 1.807) is 17.7 Å². The van der Waals surface area contributed by atoms with Gasteiger partial charge in [0.2, 0.25) is 0 Å². The van der Waals surface area contributed by atoms with Gasteiger partial charge in [0.1, 0.15) is 18.1 Å². The standard InChI is InChI=1S/C24H24N4O3/c1-16-7-6-10-20(13-16)30-15-21-18(3)31-27-23(21)24(29)25-22-11-12-28(26-22)14-19-9-5-4-8-17(19)2/h4-13H,14-15H2,1-3H3,(H,25,26,29). The molecular formula is C24H24N4O3. The molecule has 7 heteroatoms. The van der Waals surface area contributed by atoms with Crippen LogP contribution in [0.4, 0.5) is 5.82 Å². The fourth-order valence-corrected chi connectivity index (χ4v) is 3.25. The van der Waals surface area contributed by atoms with Crippen molar-refractivity contribution in [1.29, 1.82) is 0 Å². The van der Waals surface area contributed by atoms with Gasteiger partial charge in [0, 0.05) is 12.3 Å². The van der Waals surface area contributed by atoms with Gasteiger partial charge in [-0.1, -0.05) is 41.6 Å². The van der Waals surface area contributed by atoms with Crippen molar-refractivity contribution < 1.29 is 14.1 Å². The van der Waals surface area contributed by atoms with Crippen LogP contribution in [0.3, 0.4) is 0 Å². The lowest BCUT2D eigenvalue weighted by atomic mass is 10.1. The normalized spacial score (nSPS) is 10.8. The van der Waals surface area contributed by atoms with Gasteiger partial charge in [0.25, 0.3) is 5.91 Å². The first-order valence-corrected chi connectivity index (χ1v) is 10.0. The Morgan fingerprint density at radius 2 is 1.94 bits per heavy atom. The van der Waals surface area contributed by atoms with Crippen LogP contribution < -0.4 is 10.1 Å². The topological polar surface area (TPSA) is 82.2 Å². The smallest absolute Gasteiger partial charge is 0.279 e. The molecule has 0 aliphatic heterocycles. The van der Waals surface area contributed by atoms with Crippen molar-refractivity contribution in [3.8, 4) is 5.75 Å². The first-order valence-electron chi connectivity index (χ1n) is 10.0. The summed E-state index contributed by atoms with van der Waals surface area (Å²) in [4.78, 5) is 12.8. The Morgan fingerprint density at radius 1 is 1.10 bits per heavy atom. The number of amides is 1. The van der Waals surface area contributed by atoms with Crippen molar-refractivity contribution in [1.82, 2.24) is 14.9 Å². The molecule has 0 aliphatic rings. The van der Waals surface area contributed by atoms with E-state index in [1.807, 2.05) is 49.5 Å². The number of carbonyl (C=O) groups is 1. The number of hydrogen-bond donors (Lipinski definition) is 1. The quantitative estimate of drug-likeness (QED) is 0.473. The molecule has 0 saturated heterocycles. The summed E-state index contributed by atoms with van der Waals surface area (Å²) in [5, 5.41) is 11.2. The average molecular weight is 416 g/mol. The monoisotopic (exact) mass is 416 g/mol. The number of carbonyl (C=O) groups excluding carboxylic acids is 1. The van der Waals surface area contributed by atoms with Gasteiger partial charge < -0.3 is 14.6 Å². The molecule has 158 valence electrons. The largest absolute Gasteiger partial charge is 0.489 e. The molecule has 0 aliphatic carbocycles. The maximum absolute atomic E-state index is 12.8. The second-order valence-electron chi connectivity index (χ2n) is 7.45. The maximum Gasteiger partial charge on any atom is 0.279 e. The van der Waals surface area contributed by atoms with E-state index in [0.29, 0.717) is 23.7 Å². The first kappa shape index (κ1) is 20.4. The highest BCUT2D eigenvalue weighted by Gasteiger charge is 2.21. The molecule has 0 bridgehead atoms. The minimum absolute atomic E-state index is 0.184. The molecule has 0 spiro atoms. The van der Waals surface area contributed by atoms with E-state index in [4.69, 9.17) is 9.26 Å². The predicted octanol–water partition coefficient (Wildman–Crippen LogP) is 4.68. The number of hydrogen-bond acceptors (Lipinski definition) is 5. The lowest BCUT2D eigenvalue weighted by molar-refractivity contribution is 0.101. The molecule has 0 fully saturated rings. The van der Waals surface area contributed by atoms with Crippen LogP contribution in [0.5, 0.6) is 5.75 Å². The summed E-state index contributed by atoms with van der Waals surface area (Å²) in [6.45, 7) is 6.63. The SMILES string of the molecule is Cc1cccc(OCc2c(C(=O)Nc3ccn(Cc4ccccc4C)n3)noc2C)c1. The number of benzene rings is 2. The number of anilines is 1. The third-order valence-corrected chi connectivity index (χ3v) is 5.05. The van der Waals surface area contributed by atoms with Crippen molar-refractivity contribution in [2.45, 2.75) is 33.9 Å². The van der Waals surface area contributed by atoms with Crippen LogP contribution >= 0.6 is 0 Å². The summed E-state index contributed by atoms with van der Waals surface area (Å²) in [5.74, 6) is 1.33. The summed E-state index contributed by atoms with van der Waals surface area (Å²) < 4.78 is 12.9. The molecule has 31 heavy (non-hydrogen) atoms. The van der Waals surface area contributed by atoms with Crippen LogP contribution in [-0.4, -0.2) is 20.8 Å². The first-order chi connectivity index (χ1) is 15.0. The van der Waals surface area contributed by atoms with Gasteiger partial charge in [-0.15, -0.1) is 0 Å². The molecule has 4 aromatic rings. The molecule has 0 radical (unpaired) electrons. The van der Waals surface area contributed by atoms with E-state index in [9.17, 15) is 4.79 Å². The summed E-state index contributed by atoms with van der Waals surface area (Å²) >= 11 is 0. The highest BCUT2D eigenvalue weighted by atomic mass is 16.5. The molecule has 0 atom stereocenters. The third-order valence-electron chi connectivity index (χ3n) is 5.05. The molecule has 0 unspecified atom stereocenters. The Labute approximate surface area is 180 Å². The number of nitrogens with one attached hydrogen (secondary N) is 1. The van der Waals surface area contributed by atoms with E-state index in [1.165, 1.54) is 11.1 Å². The van der Waals surface area contributed by atoms with Crippen LogP contribution in [0.25, 0.3) is 0 Å². The average Bonchev–Trinajstić information content (AvgIpc) is 3.34. The van der Waals surface area contributed by atoms with Gasteiger partial charge in [-0.05, 0) is 49.6 Å². The fraction of sp³-hybridized carbons (Fsp3) is 0.208. The van der Waals surface area contributed by atoms with Crippen LogP contribution in [0, 0.1) is 20.8 Å². The highest BCUT2D eigenvalue weighted by molar-refractivity contribution is 6.03. The molecule has 2 heterocycles. The number of aryl methyl sites for hydroxylation is 3. The molecule has 0 saturated carbocycles. The summed E-state index contributed by atoms with van der Waals surface area (Å²) in [6.07, 6.45) is 1.83. The second kappa shape index (κ2) is 8.87.